The number of benzene rings is 1. The van der Waals surface area contributed by atoms with Crippen LogP contribution >= 0.6 is 11.3 Å². The van der Waals surface area contributed by atoms with Crippen LogP contribution in [0.5, 0.6) is 0 Å². The molecular weight excluding hydrogens is 440 g/mol. The van der Waals surface area contributed by atoms with E-state index >= 15 is 0 Å². The molecule has 1 aromatic carbocycles. The summed E-state index contributed by atoms with van der Waals surface area (Å²) in [4.78, 5) is 30.8. The molecule has 160 valence electrons. The van der Waals surface area contributed by atoms with E-state index in [9.17, 15) is 18.0 Å². The Labute approximate surface area is 182 Å². The minimum atomic E-state index is -3.48. The van der Waals surface area contributed by atoms with Crippen LogP contribution in [0.15, 0.2) is 64.0 Å². The predicted octanol–water partition coefficient (Wildman–Crippen LogP) is 2.18. The van der Waals surface area contributed by atoms with E-state index in [1.54, 1.807) is 4.90 Å². The van der Waals surface area contributed by atoms with E-state index in [0.29, 0.717) is 5.13 Å². The topological polar surface area (TPSA) is 118 Å². The summed E-state index contributed by atoms with van der Waals surface area (Å²) in [6.07, 6.45) is 3.25. The summed E-state index contributed by atoms with van der Waals surface area (Å²) in [6.45, 7) is 1.65. The third kappa shape index (κ3) is 4.89. The molecule has 0 saturated heterocycles. The average Bonchev–Trinajstić information content (AvgIpc) is 3.21. The van der Waals surface area contributed by atoms with Gasteiger partial charge in [-0.3, -0.25) is 10.1 Å². The second kappa shape index (κ2) is 8.44. The lowest BCUT2D eigenvalue weighted by atomic mass is 10.2. The summed E-state index contributed by atoms with van der Waals surface area (Å²) >= 11 is 1.27. The van der Waals surface area contributed by atoms with Crippen LogP contribution in [0.4, 0.5) is 5.13 Å². The number of sulfonamides is 1. The zero-order chi connectivity index (χ0) is 22.0. The molecule has 1 N–H and O–H groups in total. The highest BCUT2D eigenvalue weighted by atomic mass is 32.2. The first-order chi connectivity index (χ1) is 14.8. The highest BCUT2D eigenvalue weighted by molar-refractivity contribution is 7.90. The number of anilines is 1. The molecule has 2 aliphatic rings. The number of thiazole rings is 1. The Hall–Kier alpha value is -3.31. The first-order valence-electron chi connectivity index (χ1n) is 9.33. The van der Waals surface area contributed by atoms with Crippen LogP contribution in [-0.4, -0.2) is 54.4 Å². The van der Waals surface area contributed by atoms with Gasteiger partial charge in [0.15, 0.2) is 11.2 Å². The van der Waals surface area contributed by atoms with E-state index < -0.39 is 28.0 Å². The predicted molar refractivity (Wildman–Crippen MR) is 117 cm³/mol. The van der Waals surface area contributed by atoms with Crippen molar-refractivity contribution in [3.63, 3.8) is 0 Å². The number of rotatable bonds is 5. The lowest BCUT2D eigenvalue weighted by Gasteiger charge is -2.27. The van der Waals surface area contributed by atoms with Crippen molar-refractivity contribution in [1.29, 1.82) is 0 Å². The standard InChI is InChI=1S/C20H18N4O5S2/c1-13(18(25)22-20-21-16(12-30-20)14-5-3-2-4-6-14)29-19(26)15-7-8-17-23-31(27,28)10-9-24(17)11-15/h2-8,11-13H,9-10H2,1H3,(H,21,22,25)/t13-/m0/s1. The fourth-order valence-electron chi connectivity index (χ4n) is 2.88. The molecule has 31 heavy (non-hydrogen) atoms. The van der Waals surface area contributed by atoms with Crippen LogP contribution in [0, 0.1) is 0 Å². The third-order valence-electron chi connectivity index (χ3n) is 4.52. The second-order valence-electron chi connectivity index (χ2n) is 6.79. The van der Waals surface area contributed by atoms with Gasteiger partial charge in [-0.2, -0.15) is 0 Å². The van der Waals surface area contributed by atoms with E-state index in [1.165, 1.54) is 36.6 Å². The number of fused-ring (bicyclic) bond motifs is 1. The quantitative estimate of drug-likeness (QED) is 0.682. The number of esters is 1. The van der Waals surface area contributed by atoms with Gasteiger partial charge in [0, 0.05) is 23.7 Å². The maximum atomic E-state index is 12.4. The number of hydrogen-bond donors (Lipinski definition) is 1. The molecule has 0 bridgehead atoms. The molecule has 2 aliphatic heterocycles. The maximum absolute atomic E-state index is 12.4. The molecule has 3 heterocycles. The zero-order valence-electron chi connectivity index (χ0n) is 16.4. The monoisotopic (exact) mass is 458 g/mol. The Bertz CT molecular complexity index is 1220. The number of hydrogen-bond acceptors (Lipinski definition) is 8. The molecule has 4 rings (SSSR count). The van der Waals surface area contributed by atoms with E-state index in [2.05, 4.69) is 14.7 Å². The Morgan fingerprint density at radius 2 is 2.00 bits per heavy atom. The van der Waals surface area contributed by atoms with Crippen LogP contribution in [0.25, 0.3) is 11.3 Å². The SMILES string of the molecule is C[C@H](OC(=O)C1=CN2CCS(=O)(=O)N=C2C=C1)C(=O)Nc1nc(-c2ccccc2)cs1. The highest BCUT2D eigenvalue weighted by Crippen LogP contribution is 2.25. The van der Waals surface area contributed by atoms with Gasteiger partial charge in [-0.25, -0.2) is 18.2 Å². The molecule has 0 unspecified atom stereocenters. The van der Waals surface area contributed by atoms with Gasteiger partial charge in [0.1, 0.15) is 5.84 Å². The molecule has 2 aromatic rings. The van der Waals surface area contributed by atoms with Gasteiger partial charge in [-0.1, -0.05) is 30.3 Å². The van der Waals surface area contributed by atoms with Gasteiger partial charge >= 0.3 is 5.97 Å². The highest BCUT2D eigenvalue weighted by Gasteiger charge is 2.27. The van der Waals surface area contributed by atoms with Crippen molar-refractivity contribution in [3.8, 4) is 11.3 Å². The Morgan fingerprint density at radius 3 is 2.77 bits per heavy atom. The molecule has 11 heteroatoms. The fraction of sp³-hybridized carbons (Fsp3) is 0.200. The summed E-state index contributed by atoms with van der Waals surface area (Å²) in [7, 11) is -3.48. The van der Waals surface area contributed by atoms with Crippen molar-refractivity contribution in [1.82, 2.24) is 9.88 Å². The van der Waals surface area contributed by atoms with E-state index in [-0.39, 0.29) is 23.7 Å². The van der Waals surface area contributed by atoms with Crippen molar-refractivity contribution < 1.29 is 22.7 Å². The maximum Gasteiger partial charge on any atom is 0.340 e. The molecular formula is C20H18N4O5S2. The first kappa shape index (κ1) is 20.9. The van der Waals surface area contributed by atoms with Gasteiger partial charge < -0.3 is 9.64 Å². The minimum Gasteiger partial charge on any atom is -0.449 e. The molecule has 0 radical (unpaired) electrons. The summed E-state index contributed by atoms with van der Waals surface area (Å²) in [5, 5.41) is 4.88. The molecule has 0 spiro atoms. The lowest BCUT2D eigenvalue weighted by molar-refractivity contribution is -0.149. The van der Waals surface area contributed by atoms with Crippen LogP contribution in [0.3, 0.4) is 0 Å². The largest absolute Gasteiger partial charge is 0.449 e. The van der Waals surface area contributed by atoms with E-state index in [0.717, 1.165) is 11.3 Å². The average molecular weight is 459 g/mol. The van der Waals surface area contributed by atoms with E-state index in [4.69, 9.17) is 4.74 Å². The zero-order valence-corrected chi connectivity index (χ0v) is 18.0. The number of ether oxygens (including phenoxy) is 1. The van der Waals surface area contributed by atoms with Crippen LogP contribution in [0.2, 0.25) is 0 Å². The van der Waals surface area contributed by atoms with Crippen LogP contribution in [0.1, 0.15) is 6.92 Å². The summed E-state index contributed by atoms with van der Waals surface area (Å²) < 4.78 is 32.0. The molecule has 1 amide bonds. The first-order valence-corrected chi connectivity index (χ1v) is 11.8. The van der Waals surface area contributed by atoms with Gasteiger partial charge in [-0.15, -0.1) is 15.7 Å². The molecule has 0 aliphatic carbocycles. The Balaban J connectivity index is 1.36. The van der Waals surface area contributed by atoms with Crippen molar-refractivity contribution in [2.24, 2.45) is 4.40 Å². The number of carbonyl (C=O) groups excluding carboxylic acids is 2. The molecule has 0 saturated carbocycles. The molecule has 1 atom stereocenters. The Morgan fingerprint density at radius 1 is 1.23 bits per heavy atom. The van der Waals surface area contributed by atoms with Crippen molar-refractivity contribution >= 4 is 44.2 Å². The number of carbonyl (C=O) groups is 2. The van der Waals surface area contributed by atoms with Crippen molar-refractivity contribution in [2.45, 2.75) is 13.0 Å². The minimum absolute atomic E-state index is 0.138. The number of nitrogens with zero attached hydrogens (tertiary/aromatic N) is 3. The second-order valence-corrected chi connectivity index (χ2v) is 9.40. The van der Waals surface area contributed by atoms with Crippen molar-refractivity contribution in [3.05, 3.63) is 59.6 Å². The smallest absolute Gasteiger partial charge is 0.340 e. The third-order valence-corrected chi connectivity index (χ3v) is 6.44. The summed E-state index contributed by atoms with van der Waals surface area (Å²) in [6, 6.07) is 9.56. The number of nitrogens with one attached hydrogen (secondary N) is 1. The van der Waals surface area contributed by atoms with Gasteiger partial charge in [0.2, 0.25) is 0 Å². The molecule has 1 aromatic heterocycles. The number of aromatic nitrogens is 1. The van der Waals surface area contributed by atoms with Crippen LogP contribution < -0.4 is 5.32 Å². The van der Waals surface area contributed by atoms with Crippen LogP contribution in [-0.2, 0) is 24.3 Å². The number of amides is 1. The van der Waals surface area contributed by atoms with Crippen molar-refractivity contribution in [2.75, 3.05) is 17.6 Å². The normalized spacial score (nSPS) is 17.8. The van der Waals surface area contributed by atoms with E-state index in [1.807, 2.05) is 35.7 Å². The summed E-state index contributed by atoms with van der Waals surface area (Å²) in [5.41, 5.74) is 1.87. The lowest BCUT2D eigenvalue weighted by Crippen LogP contribution is -2.37. The summed E-state index contributed by atoms with van der Waals surface area (Å²) in [5.74, 6) is -1.10. The van der Waals surface area contributed by atoms with Gasteiger partial charge in [-0.05, 0) is 19.1 Å². The molecule has 0 fully saturated rings. The number of amidine groups is 1. The Kier molecular flexibility index (Phi) is 5.70. The van der Waals surface area contributed by atoms with Gasteiger partial charge in [0.25, 0.3) is 15.9 Å². The van der Waals surface area contributed by atoms with Gasteiger partial charge in [0.05, 0.1) is 17.0 Å². The molecule has 9 nitrogen and oxygen atoms in total. The fourth-order valence-corrected chi connectivity index (χ4v) is 4.58.